The molecule has 1 unspecified atom stereocenters. The summed E-state index contributed by atoms with van der Waals surface area (Å²) in [5, 5.41) is 9.66. The first kappa shape index (κ1) is 53.8. The quantitative estimate of drug-likeness (QED) is 0.0620. The Hall–Kier alpha value is -5.17. The van der Waals surface area contributed by atoms with E-state index in [1.165, 1.54) is 57.1 Å². The molecule has 0 radical (unpaired) electrons. The largest absolute Gasteiger partial charge is 0.417 e. The van der Waals surface area contributed by atoms with Crippen LogP contribution in [0.2, 0.25) is 20.1 Å². The molecule has 6 aromatic rings. The van der Waals surface area contributed by atoms with Gasteiger partial charge in [0.05, 0.1) is 58.1 Å². The number of anilines is 2. The van der Waals surface area contributed by atoms with Gasteiger partial charge in [-0.25, -0.2) is 30.4 Å². The summed E-state index contributed by atoms with van der Waals surface area (Å²) in [7, 11) is -6.97. The number of hydrogen-bond acceptors (Lipinski definition) is 12. The fraction of sp³-hybridized carbons (Fsp3) is 0.214. The van der Waals surface area contributed by atoms with E-state index in [1.54, 1.807) is 19.9 Å². The summed E-state index contributed by atoms with van der Waals surface area (Å²) in [6, 6.07) is 12.7. The lowest BCUT2D eigenvalue weighted by molar-refractivity contribution is -0.138. The number of methoxy groups -OCH3 is 2. The van der Waals surface area contributed by atoms with Crippen molar-refractivity contribution in [2.45, 2.75) is 42.1 Å². The first-order valence-electron chi connectivity index (χ1n) is 18.9. The number of rotatable bonds is 14. The SMILES string of the molecule is COCN(c1cc(Cl)cnc1C(=O)c1ccnc(C)c1)S(=O)(=O)c1ccc(Cl)c(C(F)(F)F)c1.COCN(c1cc(Cl)cnc1C(O)c1ccnc(C)c1)S(=O)(=O)c1ccc(Cl)c(C(F)(F)F)c1. The summed E-state index contributed by atoms with van der Waals surface area (Å²) < 4.78 is 145. The second-order valence-electron chi connectivity index (χ2n) is 14.0. The summed E-state index contributed by atoms with van der Waals surface area (Å²) in [5.74, 6) is -0.652. The average Bonchev–Trinajstić information content (AvgIpc) is 3.26. The van der Waals surface area contributed by atoms with Crippen LogP contribution in [0.25, 0.3) is 0 Å². The number of carbonyl (C=O) groups excluding carboxylic acids is 1. The Kier molecular flexibility index (Phi) is 17.1. The van der Waals surface area contributed by atoms with E-state index in [-0.39, 0.29) is 38.4 Å². The third kappa shape index (κ3) is 12.3. The zero-order valence-corrected chi connectivity index (χ0v) is 40.0. The molecule has 14 nitrogen and oxygen atoms in total. The molecule has 0 saturated carbocycles. The Morgan fingerprint density at radius 2 is 1.10 bits per heavy atom. The van der Waals surface area contributed by atoms with Gasteiger partial charge in [-0.15, -0.1) is 0 Å². The second-order valence-corrected chi connectivity index (χ2v) is 19.5. The van der Waals surface area contributed by atoms with E-state index in [4.69, 9.17) is 55.9 Å². The number of nitrogens with zero attached hydrogens (tertiary/aromatic N) is 6. The molecule has 0 spiro atoms. The second kappa shape index (κ2) is 21.6. The minimum atomic E-state index is -4.90. The minimum Gasteiger partial charge on any atom is -0.382 e. The van der Waals surface area contributed by atoms with E-state index in [2.05, 4.69) is 19.9 Å². The molecule has 4 aromatic heterocycles. The van der Waals surface area contributed by atoms with Gasteiger partial charge in [-0.1, -0.05) is 46.4 Å². The number of ether oxygens (including phenoxy) is 2. The van der Waals surface area contributed by atoms with Gasteiger partial charge in [0.15, 0.2) is 0 Å². The molecule has 1 atom stereocenters. The highest BCUT2D eigenvalue weighted by atomic mass is 35.5. The van der Waals surface area contributed by atoms with Crippen LogP contribution in [0.5, 0.6) is 0 Å². The van der Waals surface area contributed by atoms with Crippen molar-refractivity contribution in [1.82, 2.24) is 19.9 Å². The molecule has 0 amide bonds. The maximum Gasteiger partial charge on any atom is 0.417 e. The van der Waals surface area contributed by atoms with E-state index in [9.17, 15) is 53.1 Å². The minimum absolute atomic E-state index is 0.0131. The highest BCUT2D eigenvalue weighted by Gasteiger charge is 2.38. The predicted octanol–water partition coefficient (Wildman–Crippen LogP) is 10.1. The van der Waals surface area contributed by atoms with Crippen molar-refractivity contribution in [2.24, 2.45) is 0 Å². The monoisotopic (exact) mass is 1070 g/mol. The van der Waals surface area contributed by atoms with Gasteiger partial charge in [-0.3, -0.25) is 19.7 Å². The molecule has 362 valence electrons. The van der Waals surface area contributed by atoms with Gasteiger partial charge < -0.3 is 14.6 Å². The van der Waals surface area contributed by atoms with Gasteiger partial charge in [-0.05, 0) is 92.2 Å². The van der Waals surface area contributed by atoms with E-state index >= 15 is 0 Å². The summed E-state index contributed by atoms with van der Waals surface area (Å²) in [4.78, 5) is 27.9. The highest BCUT2D eigenvalue weighted by molar-refractivity contribution is 7.93. The number of sulfonamides is 2. The number of hydrogen-bond donors (Lipinski definition) is 1. The molecule has 0 saturated heterocycles. The molecule has 0 aliphatic rings. The molecule has 6 rings (SSSR count). The predicted molar refractivity (Wildman–Crippen MR) is 240 cm³/mol. The van der Waals surface area contributed by atoms with Crippen LogP contribution in [-0.2, 0) is 41.9 Å². The number of aromatic nitrogens is 4. The zero-order chi connectivity index (χ0) is 50.5. The molecular weight excluding hydrogens is 1040 g/mol. The zero-order valence-electron chi connectivity index (χ0n) is 35.3. The van der Waals surface area contributed by atoms with E-state index in [0.29, 0.717) is 37.7 Å². The Morgan fingerprint density at radius 1 is 0.647 bits per heavy atom. The molecular formula is C42H34Cl4F6N6O8S2. The van der Waals surface area contributed by atoms with E-state index in [0.717, 1.165) is 36.5 Å². The van der Waals surface area contributed by atoms with Crippen molar-refractivity contribution >= 4 is 83.6 Å². The molecule has 1 N–H and O–H groups in total. The fourth-order valence-electron chi connectivity index (χ4n) is 6.15. The van der Waals surface area contributed by atoms with Crippen molar-refractivity contribution in [3.8, 4) is 0 Å². The van der Waals surface area contributed by atoms with Crippen LogP contribution in [0.1, 0.15) is 55.9 Å². The standard InChI is InChI=1S/C21H18Cl2F3N3O4S.C21H16Cl2F3N3O4S/c2*1-12-7-13(5-6-27-12)20(30)19-18(8-14(22)10-28-19)29(11-33-2)34(31,32)15-3-4-17(23)16(9-15)21(24,25)26/h3-10,20,30H,11H2,1-2H3;3-10H,11H2,1-2H3. The molecule has 2 aromatic carbocycles. The van der Waals surface area contributed by atoms with E-state index in [1.807, 2.05) is 0 Å². The molecule has 26 heteroatoms. The van der Waals surface area contributed by atoms with Gasteiger partial charge >= 0.3 is 12.4 Å². The summed E-state index contributed by atoms with van der Waals surface area (Å²) in [6.07, 6.45) is -5.97. The number of benzene rings is 2. The van der Waals surface area contributed by atoms with Gasteiger partial charge in [0.25, 0.3) is 20.0 Å². The number of aryl methyl sites for hydroxylation is 2. The lowest BCUT2D eigenvalue weighted by Gasteiger charge is -2.27. The van der Waals surface area contributed by atoms with Crippen molar-refractivity contribution < 1.29 is 62.6 Å². The number of ketones is 1. The van der Waals surface area contributed by atoms with Crippen LogP contribution >= 0.6 is 46.4 Å². The number of alkyl halides is 6. The maximum absolute atomic E-state index is 13.5. The topological polar surface area (TPSA) is 182 Å². The Balaban J connectivity index is 0.000000254. The van der Waals surface area contributed by atoms with Crippen LogP contribution in [0.4, 0.5) is 37.7 Å². The number of carbonyl (C=O) groups is 1. The van der Waals surface area contributed by atoms with Gasteiger partial charge in [0, 0.05) is 56.0 Å². The first-order chi connectivity index (χ1) is 31.7. The Labute approximate surface area is 405 Å². The van der Waals surface area contributed by atoms with Gasteiger partial charge in [0.2, 0.25) is 5.78 Å². The Bertz CT molecular complexity index is 3060. The van der Waals surface area contributed by atoms with Gasteiger partial charge in [0.1, 0.15) is 25.3 Å². The number of pyridine rings is 4. The van der Waals surface area contributed by atoms with Crippen LogP contribution < -0.4 is 8.61 Å². The average molecular weight is 1070 g/mol. The van der Waals surface area contributed by atoms with Crippen molar-refractivity contribution in [3.05, 3.63) is 163 Å². The molecule has 0 aliphatic heterocycles. The summed E-state index contributed by atoms with van der Waals surface area (Å²) in [5.41, 5.74) is -1.87. The number of aliphatic hydroxyl groups excluding tert-OH is 1. The molecule has 0 bridgehead atoms. The third-order valence-electron chi connectivity index (χ3n) is 9.26. The maximum atomic E-state index is 13.5. The summed E-state index contributed by atoms with van der Waals surface area (Å²) >= 11 is 23.3. The van der Waals surface area contributed by atoms with Crippen LogP contribution in [0.15, 0.2) is 107 Å². The molecule has 0 fully saturated rings. The number of aliphatic hydroxyl groups is 1. The fourth-order valence-corrected chi connectivity index (χ4v) is 9.72. The molecule has 68 heavy (non-hydrogen) atoms. The third-order valence-corrected chi connectivity index (χ3v) is 13.8. The van der Waals surface area contributed by atoms with Gasteiger partial charge in [-0.2, -0.15) is 26.3 Å². The van der Waals surface area contributed by atoms with E-state index < -0.39 is 88.7 Å². The molecule has 4 heterocycles. The van der Waals surface area contributed by atoms with Crippen LogP contribution in [0, 0.1) is 13.8 Å². The number of halogens is 10. The highest BCUT2D eigenvalue weighted by Crippen LogP contribution is 2.40. The van der Waals surface area contributed by atoms with Crippen molar-refractivity contribution in [2.75, 3.05) is 36.3 Å². The smallest absolute Gasteiger partial charge is 0.382 e. The summed E-state index contributed by atoms with van der Waals surface area (Å²) in [6.45, 7) is 2.10. The lowest BCUT2D eigenvalue weighted by Crippen LogP contribution is -2.34. The lowest BCUT2D eigenvalue weighted by atomic mass is 10.1. The van der Waals surface area contributed by atoms with Crippen molar-refractivity contribution in [3.63, 3.8) is 0 Å². The van der Waals surface area contributed by atoms with Crippen LogP contribution in [0.3, 0.4) is 0 Å². The molecule has 0 aliphatic carbocycles. The van der Waals surface area contributed by atoms with Crippen LogP contribution in [-0.4, -0.2) is 75.3 Å². The first-order valence-corrected chi connectivity index (χ1v) is 23.3. The Morgan fingerprint density at radius 3 is 1.57 bits per heavy atom. The van der Waals surface area contributed by atoms with Crippen molar-refractivity contribution in [1.29, 1.82) is 0 Å². The normalized spacial score (nSPS) is 12.5.